The molecule has 0 saturated heterocycles. The number of carbonyl (C=O) groups excluding carboxylic acids is 1. The molecule has 0 aliphatic rings. The predicted octanol–water partition coefficient (Wildman–Crippen LogP) is 1.10. The molecule has 5 heteroatoms. The summed E-state index contributed by atoms with van der Waals surface area (Å²) in [6.07, 6.45) is 0.0633. The van der Waals surface area contributed by atoms with Gasteiger partial charge >= 0.3 is 5.97 Å². The first kappa shape index (κ1) is 15.5. The molecule has 0 aliphatic heterocycles. The number of nitrogens with one attached hydrogen (secondary N) is 1. The standard InChI is InChI=1S/C14H21NO4/c1-18-13-6-4-3-5-11(13)9-15-10-12(16)7-8-14(17)19-2/h3-6,12,15-16H,7-10H2,1-2H3. The van der Waals surface area contributed by atoms with Gasteiger partial charge in [-0.2, -0.15) is 0 Å². The molecule has 1 unspecified atom stereocenters. The quantitative estimate of drug-likeness (QED) is 0.690. The Morgan fingerprint density at radius 3 is 2.79 bits per heavy atom. The Morgan fingerprint density at radius 1 is 1.37 bits per heavy atom. The van der Waals surface area contributed by atoms with Crippen molar-refractivity contribution in [2.45, 2.75) is 25.5 Å². The number of aliphatic hydroxyl groups excluding tert-OH is 1. The fourth-order valence-electron chi connectivity index (χ4n) is 1.71. The third kappa shape index (κ3) is 5.72. The summed E-state index contributed by atoms with van der Waals surface area (Å²) in [5.41, 5.74) is 1.03. The van der Waals surface area contributed by atoms with E-state index < -0.39 is 6.10 Å². The molecule has 0 saturated carbocycles. The highest BCUT2D eigenvalue weighted by molar-refractivity contribution is 5.69. The van der Waals surface area contributed by atoms with Crippen molar-refractivity contribution in [2.24, 2.45) is 0 Å². The summed E-state index contributed by atoms with van der Waals surface area (Å²) >= 11 is 0. The number of carbonyl (C=O) groups is 1. The predicted molar refractivity (Wildman–Crippen MR) is 72.0 cm³/mol. The number of rotatable bonds is 8. The summed E-state index contributed by atoms with van der Waals surface area (Å²) in [5.74, 6) is 0.517. The molecule has 0 fully saturated rings. The van der Waals surface area contributed by atoms with E-state index >= 15 is 0 Å². The lowest BCUT2D eigenvalue weighted by Gasteiger charge is -2.12. The Bertz CT molecular complexity index is 395. The van der Waals surface area contributed by atoms with Gasteiger partial charge in [0.25, 0.3) is 0 Å². The molecule has 2 N–H and O–H groups in total. The van der Waals surface area contributed by atoms with E-state index in [9.17, 15) is 9.90 Å². The van der Waals surface area contributed by atoms with Crippen LogP contribution in [0.15, 0.2) is 24.3 Å². The molecule has 0 heterocycles. The number of esters is 1. The second-order valence-electron chi connectivity index (χ2n) is 4.21. The van der Waals surface area contributed by atoms with Gasteiger partial charge in [0.2, 0.25) is 0 Å². The van der Waals surface area contributed by atoms with Crippen LogP contribution in [0.25, 0.3) is 0 Å². The number of methoxy groups -OCH3 is 2. The summed E-state index contributed by atoms with van der Waals surface area (Å²) < 4.78 is 9.75. The van der Waals surface area contributed by atoms with Crippen LogP contribution >= 0.6 is 0 Å². The number of aliphatic hydroxyl groups is 1. The minimum absolute atomic E-state index is 0.230. The van der Waals surface area contributed by atoms with Crippen LogP contribution in [0, 0.1) is 0 Å². The van der Waals surface area contributed by atoms with Crippen molar-refractivity contribution >= 4 is 5.97 Å². The van der Waals surface area contributed by atoms with Crippen LogP contribution in [0.3, 0.4) is 0 Å². The van der Waals surface area contributed by atoms with Crippen LogP contribution < -0.4 is 10.1 Å². The Kier molecular flexibility index (Phi) is 6.92. The lowest BCUT2D eigenvalue weighted by molar-refractivity contribution is -0.141. The average Bonchev–Trinajstić information content (AvgIpc) is 2.45. The van der Waals surface area contributed by atoms with E-state index in [4.69, 9.17) is 4.74 Å². The molecular formula is C14H21NO4. The molecule has 5 nitrogen and oxygen atoms in total. The molecule has 0 radical (unpaired) electrons. The first-order chi connectivity index (χ1) is 9.17. The van der Waals surface area contributed by atoms with Gasteiger partial charge in [0, 0.05) is 25.1 Å². The summed E-state index contributed by atoms with van der Waals surface area (Å²) in [4.78, 5) is 10.9. The first-order valence-electron chi connectivity index (χ1n) is 6.25. The molecule has 106 valence electrons. The van der Waals surface area contributed by atoms with Crippen LogP contribution in [0.2, 0.25) is 0 Å². The van der Waals surface area contributed by atoms with Gasteiger partial charge < -0.3 is 19.9 Å². The first-order valence-corrected chi connectivity index (χ1v) is 6.25. The molecule has 0 spiro atoms. The SMILES string of the molecule is COC(=O)CCC(O)CNCc1ccccc1OC. The topological polar surface area (TPSA) is 67.8 Å². The molecular weight excluding hydrogens is 246 g/mol. The van der Waals surface area contributed by atoms with Gasteiger partial charge in [-0.15, -0.1) is 0 Å². The molecule has 1 aromatic rings. The van der Waals surface area contributed by atoms with E-state index in [1.165, 1.54) is 7.11 Å². The normalized spacial score (nSPS) is 11.9. The van der Waals surface area contributed by atoms with Gasteiger partial charge in [0.15, 0.2) is 0 Å². The minimum atomic E-state index is -0.561. The van der Waals surface area contributed by atoms with Crippen molar-refractivity contribution in [2.75, 3.05) is 20.8 Å². The van der Waals surface area contributed by atoms with Crippen molar-refractivity contribution in [3.8, 4) is 5.75 Å². The van der Waals surface area contributed by atoms with Gasteiger partial charge in [-0.3, -0.25) is 4.79 Å². The van der Waals surface area contributed by atoms with Gasteiger partial charge in [0.1, 0.15) is 5.75 Å². The Morgan fingerprint density at radius 2 is 2.11 bits per heavy atom. The van der Waals surface area contributed by atoms with Crippen LogP contribution in [-0.2, 0) is 16.1 Å². The van der Waals surface area contributed by atoms with E-state index in [0.717, 1.165) is 11.3 Å². The molecule has 0 aliphatic carbocycles. The fraction of sp³-hybridized carbons (Fsp3) is 0.500. The smallest absolute Gasteiger partial charge is 0.305 e. The Hall–Kier alpha value is -1.59. The van der Waals surface area contributed by atoms with Gasteiger partial charge in [-0.1, -0.05) is 18.2 Å². The van der Waals surface area contributed by atoms with Crippen LogP contribution in [-0.4, -0.2) is 37.9 Å². The van der Waals surface area contributed by atoms with Crippen molar-refractivity contribution in [1.29, 1.82) is 0 Å². The lowest BCUT2D eigenvalue weighted by atomic mass is 10.1. The number of ether oxygens (including phenoxy) is 2. The molecule has 19 heavy (non-hydrogen) atoms. The van der Waals surface area contributed by atoms with Crippen LogP contribution in [0.1, 0.15) is 18.4 Å². The summed E-state index contributed by atoms with van der Waals surface area (Å²) in [5, 5.41) is 12.8. The highest BCUT2D eigenvalue weighted by atomic mass is 16.5. The Labute approximate surface area is 113 Å². The third-order valence-electron chi connectivity index (χ3n) is 2.80. The van der Waals surface area contributed by atoms with Crippen molar-refractivity contribution in [1.82, 2.24) is 5.32 Å². The van der Waals surface area contributed by atoms with E-state index in [-0.39, 0.29) is 12.4 Å². The molecule has 1 rings (SSSR count). The van der Waals surface area contributed by atoms with Crippen molar-refractivity contribution in [3.05, 3.63) is 29.8 Å². The molecule has 1 atom stereocenters. The molecule has 0 amide bonds. The lowest BCUT2D eigenvalue weighted by Crippen LogP contribution is -2.27. The maximum atomic E-state index is 10.9. The second-order valence-corrected chi connectivity index (χ2v) is 4.21. The van der Waals surface area contributed by atoms with Crippen LogP contribution in [0.5, 0.6) is 5.75 Å². The van der Waals surface area contributed by atoms with E-state index in [1.807, 2.05) is 24.3 Å². The second kappa shape index (κ2) is 8.50. The van der Waals surface area contributed by atoms with Crippen molar-refractivity contribution < 1.29 is 19.4 Å². The molecule has 0 aromatic heterocycles. The van der Waals surface area contributed by atoms with E-state index in [2.05, 4.69) is 10.1 Å². The van der Waals surface area contributed by atoms with Gasteiger partial charge in [0.05, 0.1) is 20.3 Å². The zero-order valence-corrected chi connectivity index (χ0v) is 11.4. The van der Waals surface area contributed by atoms with Crippen LogP contribution in [0.4, 0.5) is 0 Å². The third-order valence-corrected chi connectivity index (χ3v) is 2.80. The van der Waals surface area contributed by atoms with Gasteiger partial charge in [-0.25, -0.2) is 0 Å². The van der Waals surface area contributed by atoms with Crippen molar-refractivity contribution in [3.63, 3.8) is 0 Å². The average molecular weight is 267 g/mol. The van der Waals surface area contributed by atoms with E-state index in [0.29, 0.717) is 19.5 Å². The largest absolute Gasteiger partial charge is 0.496 e. The summed E-state index contributed by atoms with van der Waals surface area (Å²) in [6.45, 7) is 1.04. The summed E-state index contributed by atoms with van der Waals surface area (Å²) in [6, 6.07) is 7.71. The fourth-order valence-corrected chi connectivity index (χ4v) is 1.71. The highest BCUT2D eigenvalue weighted by Gasteiger charge is 2.08. The Balaban J connectivity index is 2.27. The number of hydrogen-bond donors (Lipinski definition) is 2. The zero-order valence-electron chi connectivity index (χ0n) is 11.4. The minimum Gasteiger partial charge on any atom is -0.496 e. The van der Waals surface area contributed by atoms with E-state index in [1.54, 1.807) is 7.11 Å². The molecule has 1 aromatic carbocycles. The number of hydrogen-bond acceptors (Lipinski definition) is 5. The zero-order chi connectivity index (χ0) is 14.1. The molecule has 0 bridgehead atoms. The maximum Gasteiger partial charge on any atom is 0.305 e. The summed E-state index contributed by atoms with van der Waals surface area (Å²) in [7, 11) is 2.97. The number of para-hydroxylation sites is 1. The number of benzene rings is 1. The van der Waals surface area contributed by atoms with Gasteiger partial charge in [-0.05, 0) is 12.5 Å². The monoisotopic (exact) mass is 267 g/mol. The maximum absolute atomic E-state index is 10.9. The highest BCUT2D eigenvalue weighted by Crippen LogP contribution is 2.16.